The molecule has 4 nitrogen and oxygen atoms in total. The molecule has 2 aromatic heterocycles. The maximum atomic E-state index is 11.0. The Labute approximate surface area is 88.8 Å². The number of rotatable bonds is 2. The highest BCUT2D eigenvalue weighted by molar-refractivity contribution is 7.18. The summed E-state index contributed by atoms with van der Waals surface area (Å²) < 4.78 is 3.83. The molecule has 0 N–H and O–H groups in total. The summed E-state index contributed by atoms with van der Waals surface area (Å²) in [5.74, 6) is -0.0115. The number of ketones is 1. The maximum absolute atomic E-state index is 11.0. The zero-order valence-electron chi connectivity index (χ0n) is 7.64. The summed E-state index contributed by atoms with van der Waals surface area (Å²) in [6.45, 7) is 3.39. The van der Waals surface area contributed by atoms with E-state index in [1.165, 1.54) is 29.8 Å². The molecular weight excluding hydrogens is 218 g/mol. The molecular formula is C8H7N3OS2. The SMILES string of the molecule is CC(=O)c1csc(-c2snnc2C)n1. The highest BCUT2D eigenvalue weighted by Gasteiger charge is 2.12. The van der Waals surface area contributed by atoms with Gasteiger partial charge in [0.1, 0.15) is 15.6 Å². The lowest BCUT2D eigenvalue weighted by atomic mass is 10.3. The van der Waals surface area contributed by atoms with Crippen LogP contribution in [-0.4, -0.2) is 20.4 Å². The Morgan fingerprint density at radius 2 is 2.29 bits per heavy atom. The molecule has 0 saturated carbocycles. The number of aryl methyl sites for hydroxylation is 1. The molecule has 6 heteroatoms. The van der Waals surface area contributed by atoms with Crippen LogP contribution < -0.4 is 0 Å². The van der Waals surface area contributed by atoms with Gasteiger partial charge in [-0.3, -0.25) is 4.79 Å². The van der Waals surface area contributed by atoms with Crippen molar-refractivity contribution in [2.45, 2.75) is 13.8 Å². The minimum atomic E-state index is -0.0115. The van der Waals surface area contributed by atoms with Gasteiger partial charge >= 0.3 is 0 Å². The number of Topliss-reactive ketones (excluding diaryl/α,β-unsaturated/α-hetero) is 1. The number of aromatic nitrogens is 3. The molecule has 2 heterocycles. The molecule has 0 bridgehead atoms. The lowest BCUT2D eigenvalue weighted by Crippen LogP contribution is -1.91. The molecule has 0 aliphatic heterocycles. The highest BCUT2D eigenvalue weighted by Crippen LogP contribution is 2.28. The fourth-order valence-corrected chi connectivity index (χ4v) is 2.61. The van der Waals surface area contributed by atoms with Crippen LogP contribution in [0.3, 0.4) is 0 Å². The van der Waals surface area contributed by atoms with E-state index < -0.39 is 0 Å². The zero-order valence-corrected chi connectivity index (χ0v) is 9.28. The molecule has 0 atom stereocenters. The molecule has 0 saturated heterocycles. The fourth-order valence-electron chi connectivity index (χ4n) is 0.967. The normalized spacial score (nSPS) is 10.4. The molecule has 2 aromatic rings. The molecule has 14 heavy (non-hydrogen) atoms. The Balaban J connectivity index is 2.43. The van der Waals surface area contributed by atoms with Crippen molar-refractivity contribution >= 4 is 28.7 Å². The third-order valence-corrected chi connectivity index (χ3v) is 3.53. The van der Waals surface area contributed by atoms with Gasteiger partial charge in [0.15, 0.2) is 5.78 Å². The number of carbonyl (C=O) groups excluding carboxylic acids is 1. The second kappa shape index (κ2) is 3.55. The first-order chi connectivity index (χ1) is 6.68. The van der Waals surface area contributed by atoms with E-state index in [1.807, 2.05) is 6.92 Å². The van der Waals surface area contributed by atoms with E-state index in [0.29, 0.717) is 5.69 Å². The summed E-state index contributed by atoms with van der Waals surface area (Å²) in [7, 11) is 0. The van der Waals surface area contributed by atoms with E-state index in [9.17, 15) is 4.79 Å². The highest BCUT2D eigenvalue weighted by atomic mass is 32.1. The average molecular weight is 225 g/mol. The second-order valence-electron chi connectivity index (χ2n) is 2.78. The van der Waals surface area contributed by atoms with Crippen LogP contribution >= 0.6 is 22.9 Å². The van der Waals surface area contributed by atoms with Crippen LogP contribution in [0.2, 0.25) is 0 Å². The minimum absolute atomic E-state index is 0.0115. The van der Waals surface area contributed by atoms with Crippen LogP contribution in [0.1, 0.15) is 23.1 Å². The Kier molecular flexibility index (Phi) is 2.39. The molecule has 0 unspecified atom stereocenters. The predicted octanol–water partition coefficient (Wildman–Crippen LogP) is 2.17. The van der Waals surface area contributed by atoms with Gasteiger partial charge in [-0.05, 0) is 18.5 Å². The molecule has 0 spiro atoms. The Bertz CT molecular complexity index is 474. The van der Waals surface area contributed by atoms with E-state index in [2.05, 4.69) is 14.6 Å². The predicted molar refractivity (Wildman–Crippen MR) is 55.8 cm³/mol. The van der Waals surface area contributed by atoms with E-state index in [-0.39, 0.29) is 5.78 Å². The van der Waals surface area contributed by atoms with Crippen LogP contribution in [0.5, 0.6) is 0 Å². The van der Waals surface area contributed by atoms with Gasteiger partial charge in [0.05, 0.1) is 5.69 Å². The van der Waals surface area contributed by atoms with Gasteiger partial charge in [0, 0.05) is 12.3 Å². The maximum Gasteiger partial charge on any atom is 0.178 e. The summed E-state index contributed by atoms with van der Waals surface area (Å²) in [5.41, 5.74) is 1.37. The van der Waals surface area contributed by atoms with Crippen molar-refractivity contribution in [3.8, 4) is 9.88 Å². The molecule has 0 fully saturated rings. The largest absolute Gasteiger partial charge is 0.293 e. The smallest absolute Gasteiger partial charge is 0.178 e. The number of hydrogen-bond donors (Lipinski definition) is 0. The number of carbonyl (C=O) groups is 1. The van der Waals surface area contributed by atoms with Gasteiger partial charge < -0.3 is 0 Å². The van der Waals surface area contributed by atoms with Crippen molar-refractivity contribution in [3.63, 3.8) is 0 Å². The Morgan fingerprint density at radius 3 is 2.79 bits per heavy atom. The first kappa shape index (κ1) is 9.42. The zero-order chi connectivity index (χ0) is 10.1. The van der Waals surface area contributed by atoms with Crippen molar-refractivity contribution in [1.82, 2.24) is 14.6 Å². The Morgan fingerprint density at radius 1 is 1.50 bits per heavy atom. The van der Waals surface area contributed by atoms with Gasteiger partial charge in [-0.2, -0.15) is 0 Å². The lowest BCUT2D eigenvalue weighted by Gasteiger charge is -1.88. The third-order valence-electron chi connectivity index (χ3n) is 1.71. The molecule has 0 aliphatic carbocycles. The number of nitrogens with zero attached hydrogens (tertiary/aromatic N) is 3. The van der Waals surface area contributed by atoms with E-state index in [4.69, 9.17) is 0 Å². The van der Waals surface area contributed by atoms with Crippen LogP contribution in [0, 0.1) is 6.92 Å². The average Bonchev–Trinajstić information content (AvgIpc) is 2.71. The summed E-state index contributed by atoms with van der Waals surface area (Å²) in [5, 5.41) is 6.48. The fraction of sp³-hybridized carbons (Fsp3) is 0.250. The second-order valence-corrected chi connectivity index (χ2v) is 4.39. The van der Waals surface area contributed by atoms with Crippen molar-refractivity contribution in [1.29, 1.82) is 0 Å². The van der Waals surface area contributed by atoms with Crippen LogP contribution in [-0.2, 0) is 0 Å². The van der Waals surface area contributed by atoms with Crippen molar-refractivity contribution < 1.29 is 4.79 Å². The molecule has 0 aromatic carbocycles. The van der Waals surface area contributed by atoms with Gasteiger partial charge in [0.25, 0.3) is 0 Å². The lowest BCUT2D eigenvalue weighted by molar-refractivity contribution is 0.101. The molecule has 2 rings (SSSR count). The molecule has 0 amide bonds. The quantitative estimate of drug-likeness (QED) is 0.735. The van der Waals surface area contributed by atoms with Gasteiger partial charge in [-0.25, -0.2) is 4.98 Å². The summed E-state index contributed by atoms with van der Waals surface area (Å²) in [6.07, 6.45) is 0. The minimum Gasteiger partial charge on any atom is -0.293 e. The van der Waals surface area contributed by atoms with E-state index >= 15 is 0 Å². The Hall–Kier alpha value is -1.14. The first-order valence-corrected chi connectivity index (χ1v) is 5.59. The van der Waals surface area contributed by atoms with Crippen LogP contribution in [0.15, 0.2) is 5.38 Å². The third kappa shape index (κ3) is 1.58. The standard InChI is InChI=1S/C8H7N3OS2/c1-4-7(14-11-10-4)8-9-6(3-13-8)5(2)12/h3H,1-2H3. The summed E-state index contributed by atoms with van der Waals surface area (Å²) in [6, 6.07) is 0. The topological polar surface area (TPSA) is 55.7 Å². The monoisotopic (exact) mass is 225 g/mol. The number of thiazole rings is 1. The number of hydrogen-bond acceptors (Lipinski definition) is 6. The summed E-state index contributed by atoms with van der Waals surface area (Å²) in [4.78, 5) is 16.2. The van der Waals surface area contributed by atoms with E-state index in [0.717, 1.165) is 15.6 Å². The van der Waals surface area contributed by atoms with Crippen molar-refractivity contribution in [3.05, 3.63) is 16.8 Å². The molecule has 0 aliphatic rings. The van der Waals surface area contributed by atoms with Gasteiger partial charge in [0.2, 0.25) is 0 Å². The van der Waals surface area contributed by atoms with Crippen molar-refractivity contribution in [2.75, 3.05) is 0 Å². The van der Waals surface area contributed by atoms with Gasteiger partial charge in [-0.1, -0.05) is 4.49 Å². The van der Waals surface area contributed by atoms with Gasteiger partial charge in [-0.15, -0.1) is 16.4 Å². The van der Waals surface area contributed by atoms with E-state index in [1.54, 1.807) is 5.38 Å². The molecule has 0 radical (unpaired) electrons. The van der Waals surface area contributed by atoms with Crippen LogP contribution in [0.25, 0.3) is 9.88 Å². The first-order valence-electron chi connectivity index (χ1n) is 3.94. The van der Waals surface area contributed by atoms with Crippen LogP contribution in [0.4, 0.5) is 0 Å². The van der Waals surface area contributed by atoms with Crippen molar-refractivity contribution in [2.24, 2.45) is 0 Å². The summed E-state index contributed by atoms with van der Waals surface area (Å²) >= 11 is 2.75. The molecule has 72 valence electrons.